The number of hydrogen-bond acceptors (Lipinski definition) is 2. The van der Waals surface area contributed by atoms with Crippen LogP contribution in [-0.2, 0) is 6.61 Å². The Bertz CT molecular complexity index is 367. The Labute approximate surface area is 105 Å². The second kappa shape index (κ2) is 5.19. The van der Waals surface area contributed by atoms with Crippen LogP contribution in [-0.4, -0.2) is 18.2 Å². The van der Waals surface area contributed by atoms with Crippen molar-refractivity contribution in [3.63, 3.8) is 0 Å². The van der Waals surface area contributed by atoms with Crippen molar-refractivity contribution in [2.75, 3.05) is 18.0 Å². The van der Waals surface area contributed by atoms with Crippen molar-refractivity contribution in [1.82, 2.24) is 0 Å². The molecular weight excluding hydrogens is 266 g/mol. The van der Waals surface area contributed by atoms with Gasteiger partial charge < -0.3 is 10.0 Å². The summed E-state index contributed by atoms with van der Waals surface area (Å²) in [6, 6.07) is 6.11. The minimum Gasteiger partial charge on any atom is -0.392 e. The van der Waals surface area contributed by atoms with Gasteiger partial charge in [0.25, 0.3) is 0 Å². The molecule has 1 aliphatic rings. The van der Waals surface area contributed by atoms with Crippen molar-refractivity contribution in [1.29, 1.82) is 0 Å². The second-order valence-corrected chi connectivity index (χ2v) is 5.31. The summed E-state index contributed by atoms with van der Waals surface area (Å²) in [6.45, 7) is 4.68. The molecule has 1 aromatic carbocycles. The normalized spacial score (nSPS) is 20.4. The first-order chi connectivity index (χ1) is 7.74. The van der Waals surface area contributed by atoms with E-state index in [4.69, 9.17) is 5.11 Å². The summed E-state index contributed by atoms with van der Waals surface area (Å²) in [5.41, 5.74) is 2.22. The van der Waals surface area contributed by atoms with Crippen LogP contribution in [0.5, 0.6) is 0 Å². The third-order valence-corrected chi connectivity index (χ3v) is 4.03. The maximum atomic E-state index is 9.06. The minimum atomic E-state index is 0.108. The van der Waals surface area contributed by atoms with Gasteiger partial charge in [-0.2, -0.15) is 0 Å². The number of nitrogens with zero attached hydrogens (tertiary/aromatic N) is 1. The first kappa shape index (κ1) is 11.9. The third kappa shape index (κ3) is 2.41. The molecule has 1 heterocycles. The number of rotatable bonds is 3. The van der Waals surface area contributed by atoms with Gasteiger partial charge in [-0.25, -0.2) is 0 Å². The average Bonchev–Trinajstić information content (AvgIpc) is 2.77. The highest BCUT2D eigenvalue weighted by atomic mass is 79.9. The maximum Gasteiger partial charge on any atom is 0.0682 e. The zero-order chi connectivity index (χ0) is 11.5. The van der Waals surface area contributed by atoms with Gasteiger partial charge in [-0.05, 0) is 46.0 Å². The van der Waals surface area contributed by atoms with Crippen molar-refractivity contribution in [3.05, 3.63) is 28.2 Å². The first-order valence-corrected chi connectivity index (χ1v) is 6.68. The van der Waals surface area contributed by atoms with Crippen LogP contribution in [0.2, 0.25) is 0 Å². The highest BCUT2D eigenvalue weighted by molar-refractivity contribution is 9.10. The lowest BCUT2D eigenvalue weighted by atomic mass is 10.1. The van der Waals surface area contributed by atoms with Crippen molar-refractivity contribution >= 4 is 21.6 Å². The Morgan fingerprint density at radius 1 is 1.50 bits per heavy atom. The summed E-state index contributed by atoms with van der Waals surface area (Å²) in [4.78, 5) is 2.43. The van der Waals surface area contributed by atoms with Crippen LogP contribution in [0.1, 0.15) is 25.3 Å². The molecule has 0 aromatic heterocycles. The summed E-state index contributed by atoms with van der Waals surface area (Å²) in [5, 5.41) is 9.06. The standard InChI is InChI=1S/C13H18BrNO/c1-2-10-5-6-15(8-10)13-4-3-11(9-16)7-12(13)14/h3-4,7,10,16H,2,5-6,8-9H2,1H3. The fraction of sp³-hybridized carbons (Fsp3) is 0.538. The minimum absolute atomic E-state index is 0.108. The number of hydrogen-bond donors (Lipinski definition) is 1. The lowest BCUT2D eigenvalue weighted by Gasteiger charge is -2.20. The van der Waals surface area contributed by atoms with Crippen LogP contribution >= 0.6 is 15.9 Å². The van der Waals surface area contributed by atoms with Gasteiger partial charge in [-0.3, -0.25) is 0 Å². The molecule has 1 atom stereocenters. The summed E-state index contributed by atoms with van der Waals surface area (Å²) >= 11 is 3.59. The molecule has 88 valence electrons. The van der Waals surface area contributed by atoms with Gasteiger partial charge in [0.05, 0.1) is 12.3 Å². The SMILES string of the molecule is CCC1CCN(c2ccc(CO)cc2Br)C1. The Hall–Kier alpha value is -0.540. The monoisotopic (exact) mass is 283 g/mol. The Kier molecular flexibility index (Phi) is 3.87. The molecule has 1 saturated heterocycles. The van der Waals surface area contributed by atoms with Gasteiger partial charge in [-0.1, -0.05) is 19.4 Å². The lowest BCUT2D eigenvalue weighted by molar-refractivity contribution is 0.282. The maximum absolute atomic E-state index is 9.06. The Balaban J connectivity index is 2.15. The van der Waals surface area contributed by atoms with Crippen LogP contribution in [0.25, 0.3) is 0 Å². The van der Waals surface area contributed by atoms with Gasteiger partial charge in [0.2, 0.25) is 0 Å². The lowest BCUT2D eigenvalue weighted by Crippen LogP contribution is -2.19. The van der Waals surface area contributed by atoms with E-state index in [1.165, 1.54) is 18.5 Å². The highest BCUT2D eigenvalue weighted by Crippen LogP contribution is 2.32. The van der Waals surface area contributed by atoms with E-state index in [-0.39, 0.29) is 6.61 Å². The van der Waals surface area contributed by atoms with Gasteiger partial charge in [-0.15, -0.1) is 0 Å². The molecule has 16 heavy (non-hydrogen) atoms. The van der Waals surface area contributed by atoms with Crippen LogP contribution in [0, 0.1) is 5.92 Å². The van der Waals surface area contributed by atoms with Gasteiger partial charge in [0, 0.05) is 17.6 Å². The molecule has 2 rings (SSSR count). The average molecular weight is 284 g/mol. The number of benzene rings is 1. The molecule has 1 unspecified atom stereocenters. The van der Waals surface area contributed by atoms with Gasteiger partial charge in [0.1, 0.15) is 0 Å². The van der Waals surface area contributed by atoms with Gasteiger partial charge in [0.15, 0.2) is 0 Å². The van der Waals surface area contributed by atoms with E-state index < -0.39 is 0 Å². The van der Waals surface area contributed by atoms with E-state index in [1.807, 2.05) is 12.1 Å². The predicted molar refractivity (Wildman–Crippen MR) is 70.7 cm³/mol. The molecule has 1 aliphatic heterocycles. The van der Waals surface area contributed by atoms with E-state index >= 15 is 0 Å². The van der Waals surface area contributed by atoms with E-state index in [0.717, 1.165) is 29.0 Å². The van der Waals surface area contributed by atoms with E-state index in [0.29, 0.717) is 0 Å². The highest BCUT2D eigenvalue weighted by Gasteiger charge is 2.22. The first-order valence-electron chi connectivity index (χ1n) is 5.88. The van der Waals surface area contributed by atoms with Crippen molar-refractivity contribution in [2.45, 2.75) is 26.4 Å². The van der Waals surface area contributed by atoms with E-state index in [2.05, 4.69) is 33.8 Å². The largest absolute Gasteiger partial charge is 0.392 e. The van der Waals surface area contributed by atoms with E-state index in [9.17, 15) is 0 Å². The Morgan fingerprint density at radius 2 is 2.31 bits per heavy atom. The molecule has 2 nitrogen and oxygen atoms in total. The smallest absolute Gasteiger partial charge is 0.0682 e. The molecule has 0 spiro atoms. The van der Waals surface area contributed by atoms with Crippen LogP contribution in [0.3, 0.4) is 0 Å². The van der Waals surface area contributed by atoms with Crippen LogP contribution < -0.4 is 4.90 Å². The van der Waals surface area contributed by atoms with Crippen molar-refractivity contribution in [2.24, 2.45) is 5.92 Å². The molecule has 1 N–H and O–H groups in total. The van der Waals surface area contributed by atoms with Gasteiger partial charge >= 0.3 is 0 Å². The Morgan fingerprint density at radius 3 is 2.88 bits per heavy atom. The van der Waals surface area contributed by atoms with Crippen LogP contribution in [0.4, 0.5) is 5.69 Å². The molecule has 0 aliphatic carbocycles. The summed E-state index contributed by atoms with van der Waals surface area (Å²) in [7, 11) is 0. The van der Waals surface area contributed by atoms with Crippen molar-refractivity contribution in [3.8, 4) is 0 Å². The summed E-state index contributed by atoms with van der Waals surface area (Å²) < 4.78 is 1.09. The molecule has 1 aromatic rings. The fourth-order valence-electron chi connectivity index (χ4n) is 2.29. The molecular formula is C13H18BrNO. The zero-order valence-electron chi connectivity index (χ0n) is 9.62. The van der Waals surface area contributed by atoms with E-state index in [1.54, 1.807) is 0 Å². The molecule has 0 amide bonds. The number of aliphatic hydroxyl groups excluding tert-OH is 1. The molecule has 0 radical (unpaired) electrons. The number of anilines is 1. The van der Waals surface area contributed by atoms with Crippen molar-refractivity contribution < 1.29 is 5.11 Å². The molecule has 0 bridgehead atoms. The molecule has 1 fully saturated rings. The molecule has 0 saturated carbocycles. The van der Waals surface area contributed by atoms with Crippen LogP contribution in [0.15, 0.2) is 22.7 Å². The summed E-state index contributed by atoms with van der Waals surface area (Å²) in [5.74, 6) is 0.837. The quantitative estimate of drug-likeness (QED) is 0.921. The number of aliphatic hydroxyl groups is 1. The fourth-order valence-corrected chi connectivity index (χ4v) is 2.97. The summed E-state index contributed by atoms with van der Waals surface area (Å²) in [6.07, 6.45) is 2.56. The predicted octanol–water partition coefficient (Wildman–Crippen LogP) is 3.18. The zero-order valence-corrected chi connectivity index (χ0v) is 11.2. The molecule has 3 heteroatoms. The topological polar surface area (TPSA) is 23.5 Å². The third-order valence-electron chi connectivity index (χ3n) is 3.40. The number of halogens is 1. The second-order valence-electron chi connectivity index (χ2n) is 4.45.